The third-order valence-electron chi connectivity index (χ3n) is 2.45. The molecule has 0 amide bonds. The lowest BCUT2D eigenvalue weighted by molar-refractivity contribution is 0.172. The van der Waals surface area contributed by atoms with E-state index in [9.17, 15) is 4.39 Å². The van der Waals surface area contributed by atoms with Gasteiger partial charge in [-0.05, 0) is 30.7 Å². The Bertz CT molecular complexity index is 345. The molecule has 0 unspecified atom stereocenters. The number of rotatable bonds is 9. The van der Waals surface area contributed by atoms with Gasteiger partial charge in [-0.25, -0.2) is 4.39 Å². The minimum atomic E-state index is -0.257. The van der Waals surface area contributed by atoms with E-state index in [1.807, 2.05) is 6.07 Å². The Morgan fingerprint density at radius 1 is 1.22 bits per heavy atom. The third-order valence-corrected chi connectivity index (χ3v) is 2.45. The van der Waals surface area contributed by atoms with Crippen LogP contribution in [0.3, 0.4) is 0 Å². The second-order valence-corrected chi connectivity index (χ2v) is 4.17. The lowest BCUT2D eigenvalue weighted by Gasteiger charge is -2.09. The van der Waals surface area contributed by atoms with Crippen molar-refractivity contribution >= 4 is 0 Å². The normalized spacial score (nSPS) is 10.6. The molecule has 0 bridgehead atoms. The summed E-state index contributed by atoms with van der Waals surface area (Å²) in [6.45, 7) is 4.89. The molecule has 0 atom stereocenters. The SMILES string of the molecule is CCCNCc1cc(F)cc(OCCCOC)c1. The molecular formula is C14H22FNO2. The number of hydrogen-bond donors (Lipinski definition) is 1. The fourth-order valence-corrected chi connectivity index (χ4v) is 1.61. The molecule has 0 aliphatic carbocycles. The Labute approximate surface area is 108 Å². The Balaban J connectivity index is 2.46. The van der Waals surface area contributed by atoms with Crippen LogP contribution >= 0.6 is 0 Å². The summed E-state index contributed by atoms with van der Waals surface area (Å²) in [4.78, 5) is 0. The van der Waals surface area contributed by atoms with Crippen molar-refractivity contribution in [2.24, 2.45) is 0 Å². The molecule has 0 fully saturated rings. The third kappa shape index (κ3) is 5.98. The molecule has 0 aliphatic heterocycles. The number of hydrogen-bond acceptors (Lipinski definition) is 3. The second kappa shape index (κ2) is 8.89. The van der Waals surface area contributed by atoms with E-state index in [0.717, 1.165) is 24.9 Å². The van der Waals surface area contributed by atoms with Crippen molar-refractivity contribution in [1.82, 2.24) is 5.32 Å². The minimum Gasteiger partial charge on any atom is -0.493 e. The van der Waals surface area contributed by atoms with Crippen LogP contribution in [0.4, 0.5) is 4.39 Å². The van der Waals surface area contributed by atoms with Crippen LogP contribution in [0.5, 0.6) is 5.75 Å². The first-order valence-electron chi connectivity index (χ1n) is 6.38. The van der Waals surface area contributed by atoms with E-state index in [0.29, 0.717) is 25.5 Å². The van der Waals surface area contributed by atoms with Gasteiger partial charge in [-0.2, -0.15) is 0 Å². The van der Waals surface area contributed by atoms with Gasteiger partial charge in [0.1, 0.15) is 11.6 Å². The van der Waals surface area contributed by atoms with Gasteiger partial charge in [0.2, 0.25) is 0 Å². The number of ether oxygens (including phenoxy) is 2. The van der Waals surface area contributed by atoms with E-state index in [1.54, 1.807) is 7.11 Å². The minimum absolute atomic E-state index is 0.257. The zero-order valence-electron chi connectivity index (χ0n) is 11.2. The van der Waals surface area contributed by atoms with Crippen molar-refractivity contribution in [3.63, 3.8) is 0 Å². The predicted molar refractivity (Wildman–Crippen MR) is 70.4 cm³/mol. The van der Waals surface area contributed by atoms with Crippen molar-refractivity contribution in [2.75, 3.05) is 26.9 Å². The van der Waals surface area contributed by atoms with Gasteiger partial charge in [0.05, 0.1) is 6.61 Å². The van der Waals surface area contributed by atoms with E-state index in [2.05, 4.69) is 12.2 Å². The van der Waals surface area contributed by atoms with Gasteiger partial charge in [-0.3, -0.25) is 0 Å². The highest BCUT2D eigenvalue weighted by Gasteiger charge is 2.02. The Morgan fingerprint density at radius 2 is 2.06 bits per heavy atom. The number of halogens is 1. The number of methoxy groups -OCH3 is 1. The van der Waals surface area contributed by atoms with Gasteiger partial charge in [-0.15, -0.1) is 0 Å². The lowest BCUT2D eigenvalue weighted by atomic mass is 10.2. The fourth-order valence-electron chi connectivity index (χ4n) is 1.61. The van der Waals surface area contributed by atoms with Crippen molar-refractivity contribution in [1.29, 1.82) is 0 Å². The fraction of sp³-hybridized carbons (Fsp3) is 0.571. The summed E-state index contributed by atoms with van der Waals surface area (Å²) in [7, 11) is 1.65. The smallest absolute Gasteiger partial charge is 0.127 e. The standard InChI is InChI=1S/C14H22FNO2/c1-3-5-16-11-12-8-13(15)10-14(9-12)18-7-4-6-17-2/h8-10,16H,3-7,11H2,1-2H3. The summed E-state index contributed by atoms with van der Waals surface area (Å²) in [5.74, 6) is 0.326. The van der Waals surface area contributed by atoms with Crippen molar-refractivity contribution in [3.8, 4) is 5.75 Å². The highest BCUT2D eigenvalue weighted by atomic mass is 19.1. The van der Waals surface area contributed by atoms with Gasteiger partial charge in [-0.1, -0.05) is 6.92 Å². The maximum absolute atomic E-state index is 13.4. The summed E-state index contributed by atoms with van der Waals surface area (Å²) >= 11 is 0. The van der Waals surface area contributed by atoms with E-state index < -0.39 is 0 Å². The highest BCUT2D eigenvalue weighted by Crippen LogP contribution is 2.16. The largest absolute Gasteiger partial charge is 0.493 e. The quantitative estimate of drug-likeness (QED) is 0.688. The maximum atomic E-state index is 13.4. The Hall–Kier alpha value is -1.13. The van der Waals surface area contributed by atoms with Gasteiger partial charge in [0.15, 0.2) is 0 Å². The molecule has 0 saturated heterocycles. The summed E-state index contributed by atoms with van der Waals surface area (Å²) in [6.07, 6.45) is 1.87. The highest BCUT2D eigenvalue weighted by molar-refractivity contribution is 5.29. The molecule has 0 heterocycles. The molecule has 1 rings (SSSR count). The monoisotopic (exact) mass is 255 g/mol. The van der Waals surface area contributed by atoms with Crippen LogP contribution in [0.1, 0.15) is 25.3 Å². The van der Waals surface area contributed by atoms with Crippen molar-refractivity contribution < 1.29 is 13.9 Å². The van der Waals surface area contributed by atoms with Gasteiger partial charge < -0.3 is 14.8 Å². The second-order valence-electron chi connectivity index (χ2n) is 4.17. The summed E-state index contributed by atoms with van der Waals surface area (Å²) in [5, 5.41) is 3.24. The van der Waals surface area contributed by atoms with Crippen LogP contribution in [0.2, 0.25) is 0 Å². The molecule has 0 radical (unpaired) electrons. The van der Waals surface area contributed by atoms with Gasteiger partial charge in [0.25, 0.3) is 0 Å². The number of benzene rings is 1. The summed E-state index contributed by atoms with van der Waals surface area (Å²) in [5.41, 5.74) is 0.908. The molecule has 0 spiro atoms. The molecular weight excluding hydrogens is 233 g/mol. The first-order valence-corrected chi connectivity index (χ1v) is 6.38. The average molecular weight is 255 g/mol. The lowest BCUT2D eigenvalue weighted by Crippen LogP contribution is -2.14. The van der Waals surface area contributed by atoms with Crippen LogP contribution in [0.15, 0.2) is 18.2 Å². The molecule has 4 heteroatoms. The molecule has 3 nitrogen and oxygen atoms in total. The molecule has 18 heavy (non-hydrogen) atoms. The molecule has 1 N–H and O–H groups in total. The molecule has 0 aliphatic rings. The topological polar surface area (TPSA) is 30.5 Å². The summed E-state index contributed by atoms with van der Waals surface area (Å²) in [6, 6.07) is 4.82. The molecule has 1 aromatic rings. The molecule has 102 valence electrons. The van der Waals surface area contributed by atoms with Gasteiger partial charge in [0, 0.05) is 32.7 Å². The van der Waals surface area contributed by atoms with Crippen LogP contribution < -0.4 is 10.1 Å². The van der Waals surface area contributed by atoms with Gasteiger partial charge >= 0.3 is 0 Å². The van der Waals surface area contributed by atoms with Crippen molar-refractivity contribution in [2.45, 2.75) is 26.3 Å². The Morgan fingerprint density at radius 3 is 2.78 bits per heavy atom. The predicted octanol–water partition coefficient (Wildman–Crippen LogP) is 2.74. The molecule has 0 saturated carbocycles. The van der Waals surface area contributed by atoms with E-state index in [1.165, 1.54) is 12.1 Å². The first kappa shape index (κ1) is 14.9. The number of nitrogens with one attached hydrogen (secondary N) is 1. The van der Waals surface area contributed by atoms with E-state index in [4.69, 9.17) is 9.47 Å². The molecule has 0 aromatic heterocycles. The summed E-state index contributed by atoms with van der Waals surface area (Å²) < 4.78 is 23.8. The maximum Gasteiger partial charge on any atom is 0.127 e. The zero-order valence-corrected chi connectivity index (χ0v) is 11.2. The zero-order chi connectivity index (χ0) is 13.2. The average Bonchev–Trinajstić information content (AvgIpc) is 2.34. The Kier molecular flexibility index (Phi) is 7.37. The van der Waals surface area contributed by atoms with Crippen LogP contribution in [0, 0.1) is 5.82 Å². The van der Waals surface area contributed by atoms with Crippen LogP contribution in [-0.2, 0) is 11.3 Å². The van der Waals surface area contributed by atoms with E-state index >= 15 is 0 Å². The van der Waals surface area contributed by atoms with Crippen molar-refractivity contribution in [3.05, 3.63) is 29.6 Å². The van der Waals surface area contributed by atoms with Crippen LogP contribution in [0.25, 0.3) is 0 Å². The van der Waals surface area contributed by atoms with E-state index in [-0.39, 0.29) is 5.82 Å². The first-order chi connectivity index (χ1) is 8.76. The molecule has 1 aromatic carbocycles. The van der Waals surface area contributed by atoms with Crippen LogP contribution in [-0.4, -0.2) is 26.9 Å².